The van der Waals surface area contributed by atoms with E-state index in [-0.39, 0.29) is 31.1 Å². The second kappa shape index (κ2) is 68.6. The fraction of sp³-hybridized carbons (Fsp3) is 0.720. The van der Waals surface area contributed by atoms with E-state index in [1.165, 1.54) is 161 Å². The molecule has 6 nitrogen and oxygen atoms in total. The molecule has 0 heterocycles. The van der Waals surface area contributed by atoms with E-state index in [2.05, 4.69) is 130 Å². The lowest BCUT2D eigenvalue weighted by Crippen LogP contribution is -2.30. The Morgan fingerprint density at radius 3 is 0.765 bits per heavy atom. The maximum Gasteiger partial charge on any atom is 0.306 e. The molecule has 1 atom stereocenters. The number of ether oxygens (including phenoxy) is 3. The van der Waals surface area contributed by atoms with Crippen LogP contribution in [0.5, 0.6) is 0 Å². The van der Waals surface area contributed by atoms with Gasteiger partial charge in [0.1, 0.15) is 13.2 Å². The summed E-state index contributed by atoms with van der Waals surface area (Å²) in [7, 11) is 0. The summed E-state index contributed by atoms with van der Waals surface area (Å²) in [5.41, 5.74) is 0. The maximum atomic E-state index is 12.9. The van der Waals surface area contributed by atoms with Crippen molar-refractivity contribution in [1.29, 1.82) is 0 Å². The number of carbonyl (C=O) groups excluding carboxylic acids is 3. The van der Waals surface area contributed by atoms with Crippen LogP contribution in [0.25, 0.3) is 0 Å². The van der Waals surface area contributed by atoms with Gasteiger partial charge in [-0.3, -0.25) is 14.4 Å². The number of hydrogen-bond acceptors (Lipinski definition) is 6. The van der Waals surface area contributed by atoms with Gasteiger partial charge in [-0.25, -0.2) is 0 Å². The highest BCUT2D eigenvalue weighted by Crippen LogP contribution is 2.17. The highest BCUT2D eigenvalue weighted by Gasteiger charge is 2.19. The molecule has 0 aromatic carbocycles. The topological polar surface area (TPSA) is 78.9 Å². The van der Waals surface area contributed by atoms with Crippen LogP contribution in [0.15, 0.2) is 109 Å². The van der Waals surface area contributed by atoms with E-state index in [4.69, 9.17) is 14.2 Å². The zero-order valence-corrected chi connectivity index (χ0v) is 53.3. The predicted molar refractivity (Wildman–Crippen MR) is 353 cm³/mol. The van der Waals surface area contributed by atoms with E-state index in [0.29, 0.717) is 19.3 Å². The number of allylic oxidation sites excluding steroid dienone is 18. The van der Waals surface area contributed by atoms with Crippen molar-refractivity contribution in [1.82, 2.24) is 0 Å². The molecular formula is C75H128O6. The average molecular weight is 1130 g/mol. The van der Waals surface area contributed by atoms with Gasteiger partial charge in [-0.2, -0.15) is 0 Å². The van der Waals surface area contributed by atoms with Crippen molar-refractivity contribution < 1.29 is 28.6 Å². The summed E-state index contributed by atoms with van der Waals surface area (Å²) < 4.78 is 16.9. The summed E-state index contributed by atoms with van der Waals surface area (Å²) in [4.78, 5) is 38.3. The molecule has 0 N–H and O–H groups in total. The minimum atomic E-state index is -0.789. The van der Waals surface area contributed by atoms with Crippen LogP contribution in [-0.4, -0.2) is 37.2 Å². The number of hydrogen-bond donors (Lipinski definition) is 0. The van der Waals surface area contributed by atoms with Crippen molar-refractivity contribution in [2.75, 3.05) is 13.2 Å². The molecule has 0 aliphatic heterocycles. The molecule has 464 valence electrons. The highest BCUT2D eigenvalue weighted by molar-refractivity contribution is 5.71. The predicted octanol–water partition coefficient (Wildman–Crippen LogP) is 23.8. The lowest BCUT2D eigenvalue weighted by molar-refractivity contribution is -0.167. The Hall–Kier alpha value is -3.93. The normalized spacial score (nSPS) is 12.8. The summed E-state index contributed by atoms with van der Waals surface area (Å²) >= 11 is 0. The van der Waals surface area contributed by atoms with Crippen LogP contribution in [0.2, 0.25) is 0 Å². The molecule has 0 aromatic heterocycles. The molecule has 0 rings (SSSR count). The first-order valence-corrected chi connectivity index (χ1v) is 34.4. The Kier molecular flexibility index (Phi) is 65.2. The molecule has 0 fully saturated rings. The quantitative estimate of drug-likeness (QED) is 0.0261. The zero-order valence-electron chi connectivity index (χ0n) is 53.3. The highest BCUT2D eigenvalue weighted by atomic mass is 16.6. The summed E-state index contributed by atoms with van der Waals surface area (Å²) in [6.07, 6.45) is 94.1. The Labute approximate surface area is 501 Å². The van der Waals surface area contributed by atoms with Crippen molar-refractivity contribution in [3.05, 3.63) is 109 Å². The first-order valence-electron chi connectivity index (χ1n) is 34.4. The largest absolute Gasteiger partial charge is 0.462 e. The van der Waals surface area contributed by atoms with Gasteiger partial charge in [0.15, 0.2) is 6.10 Å². The number of esters is 3. The van der Waals surface area contributed by atoms with Gasteiger partial charge in [-0.15, -0.1) is 0 Å². The zero-order chi connectivity index (χ0) is 58.5. The SMILES string of the molecule is CC/C=C\C/C=C\C/C=C\C/C=C\CCCCCCCCCCCCCCCCCCCCCCC(=O)OCC(COC(=O)CCCCCCC/C=C\CCCC)OC(=O)CCCCCCCC/C=C\C/C=C\C/C=C\C/C=C\CC. The first-order chi connectivity index (χ1) is 40.0. The van der Waals surface area contributed by atoms with Crippen molar-refractivity contribution in [2.45, 2.75) is 335 Å². The molecule has 0 aromatic rings. The first kappa shape index (κ1) is 77.1. The van der Waals surface area contributed by atoms with Crippen LogP contribution in [0.4, 0.5) is 0 Å². The fourth-order valence-corrected chi connectivity index (χ4v) is 9.64. The Morgan fingerprint density at radius 1 is 0.259 bits per heavy atom. The van der Waals surface area contributed by atoms with E-state index in [9.17, 15) is 14.4 Å². The summed E-state index contributed by atoms with van der Waals surface area (Å²) in [5.74, 6) is -0.897. The third-order valence-electron chi connectivity index (χ3n) is 14.7. The standard InChI is InChI=1S/C75H128O6/c1-4-7-10-13-16-19-22-24-26-28-30-31-32-33-34-35-36-37-38-39-40-41-42-43-45-46-48-50-53-56-59-62-65-68-74(77)80-71-72(70-79-73(76)67-64-61-58-55-52-21-18-15-12-9-6-3)81-75(78)69-66-63-60-57-54-51-49-47-44-29-27-25-23-20-17-14-11-8-5-2/h7-8,10-11,15-20,24-27,30-31,44,47,72H,4-6,9,12-14,21-23,28-29,32-43,45-46,48-71H2,1-3H3/b10-7-,11-8-,18-15-,19-16-,20-17-,26-24-,27-25-,31-30-,47-44-. The number of carbonyl (C=O) groups is 3. The maximum absolute atomic E-state index is 12.9. The van der Waals surface area contributed by atoms with E-state index < -0.39 is 6.10 Å². The summed E-state index contributed by atoms with van der Waals surface area (Å²) in [5, 5.41) is 0. The van der Waals surface area contributed by atoms with E-state index in [1.807, 2.05) is 0 Å². The summed E-state index contributed by atoms with van der Waals surface area (Å²) in [6, 6.07) is 0. The Morgan fingerprint density at radius 2 is 0.481 bits per heavy atom. The molecule has 0 saturated carbocycles. The van der Waals surface area contributed by atoms with E-state index in [1.54, 1.807) is 0 Å². The molecule has 0 spiro atoms. The third kappa shape index (κ3) is 66.8. The molecule has 0 amide bonds. The van der Waals surface area contributed by atoms with Gasteiger partial charge in [0.05, 0.1) is 0 Å². The number of unbranched alkanes of at least 4 members (excludes halogenated alkanes) is 33. The molecule has 0 aliphatic rings. The lowest BCUT2D eigenvalue weighted by atomic mass is 10.0. The molecule has 1 unspecified atom stereocenters. The Bertz CT molecular complexity index is 1620. The van der Waals surface area contributed by atoms with Gasteiger partial charge in [0, 0.05) is 19.3 Å². The Balaban J connectivity index is 4.15. The van der Waals surface area contributed by atoms with Crippen LogP contribution < -0.4 is 0 Å². The number of rotatable bonds is 62. The van der Waals surface area contributed by atoms with Crippen molar-refractivity contribution >= 4 is 17.9 Å². The molecule has 6 heteroatoms. The molecule has 81 heavy (non-hydrogen) atoms. The minimum Gasteiger partial charge on any atom is -0.462 e. The van der Waals surface area contributed by atoms with E-state index >= 15 is 0 Å². The van der Waals surface area contributed by atoms with Gasteiger partial charge < -0.3 is 14.2 Å². The second-order valence-corrected chi connectivity index (χ2v) is 22.7. The molecule has 0 radical (unpaired) electrons. The van der Waals surface area contributed by atoms with Gasteiger partial charge in [0.2, 0.25) is 0 Å². The van der Waals surface area contributed by atoms with Crippen LogP contribution in [0.1, 0.15) is 329 Å². The minimum absolute atomic E-state index is 0.0840. The lowest BCUT2D eigenvalue weighted by Gasteiger charge is -2.18. The van der Waals surface area contributed by atoms with E-state index in [0.717, 1.165) is 128 Å². The van der Waals surface area contributed by atoms with Crippen LogP contribution >= 0.6 is 0 Å². The fourth-order valence-electron chi connectivity index (χ4n) is 9.64. The monoisotopic (exact) mass is 1120 g/mol. The van der Waals surface area contributed by atoms with Crippen molar-refractivity contribution in [2.24, 2.45) is 0 Å². The van der Waals surface area contributed by atoms with Gasteiger partial charge in [-0.1, -0.05) is 304 Å². The smallest absolute Gasteiger partial charge is 0.306 e. The third-order valence-corrected chi connectivity index (χ3v) is 14.7. The van der Waals surface area contributed by atoms with Crippen LogP contribution in [0.3, 0.4) is 0 Å². The van der Waals surface area contributed by atoms with Crippen molar-refractivity contribution in [3.8, 4) is 0 Å². The van der Waals surface area contributed by atoms with Crippen LogP contribution in [0, 0.1) is 0 Å². The molecule has 0 aliphatic carbocycles. The van der Waals surface area contributed by atoms with Gasteiger partial charge in [-0.05, 0) is 116 Å². The average Bonchev–Trinajstić information content (AvgIpc) is 3.47. The van der Waals surface area contributed by atoms with Gasteiger partial charge in [0.25, 0.3) is 0 Å². The van der Waals surface area contributed by atoms with Crippen molar-refractivity contribution in [3.63, 3.8) is 0 Å². The molecule has 0 saturated heterocycles. The summed E-state index contributed by atoms with van der Waals surface area (Å²) in [6.45, 7) is 6.39. The molecule has 0 bridgehead atoms. The van der Waals surface area contributed by atoms with Crippen LogP contribution in [-0.2, 0) is 28.6 Å². The second-order valence-electron chi connectivity index (χ2n) is 22.7. The molecular weight excluding hydrogens is 997 g/mol. The van der Waals surface area contributed by atoms with Gasteiger partial charge >= 0.3 is 17.9 Å².